The summed E-state index contributed by atoms with van der Waals surface area (Å²) in [6.45, 7) is 0. The average molecular weight is 400 g/mol. The van der Waals surface area contributed by atoms with E-state index in [1.807, 2.05) is 35.9 Å². The van der Waals surface area contributed by atoms with Crippen LogP contribution in [0, 0.1) is 5.82 Å². The van der Waals surface area contributed by atoms with Gasteiger partial charge in [-0.2, -0.15) is 0 Å². The highest BCUT2D eigenvalue weighted by Crippen LogP contribution is 2.24. The minimum absolute atomic E-state index is 0.161. The van der Waals surface area contributed by atoms with Crippen LogP contribution in [0.2, 0.25) is 5.02 Å². The summed E-state index contributed by atoms with van der Waals surface area (Å²) >= 11 is 6.00. The summed E-state index contributed by atoms with van der Waals surface area (Å²) in [5.41, 5.74) is 0.966. The topological polar surface area (TPSA) is 56.1 Å². The average Bonchev–Trinajstić information content (AvgIpc) is 3.11. The number of halogens is 2. The van der Waals surface area contributed by atoms with Gasteiger partial charge < -0.3 is 14.6 Å². The first-order chi connectivity index (χ1) is 13.5. The number of carbonyl (C=O) groups excluding carboxylic acids is 1. The molecule has 5 nitrogen and oxygen atoms in total. The van der Waals surface area contributed by atoms with Crippen molar-refractivity contribution in [2.75, 3.05) is 7.11 Å². The molecule has 1 heterocycles. The minimum atomic E-state index is -0.511. The fourth-order valence-corrected chi connectivity index (χ4v) is 3.02. The highest BCUT2D eigenvalue weighted by atomic mass is 35.5. The van der Waals surface area contributed by atoms with E-state index < -0.39 is 17.8 Å². The maximum Gasteiger partial charge on any atom is 0.244 e. The molecule has 0 radical (unpaired) electrons. The first-order valence-electron chi connectivity index (χ1n) is 8.53. The third-order valence-corrected chi connectivity index (χ3v) is 4.56. The van der Waals surface area contributed by atoms with Crippen LogP contribution in [0.4, 0.5) is 4.39 Å². The van der Waals surface area contributed by atoms with E-state index in [0.717, 1.165) is 5.56 Å². The monoisotopic (exact) mass is 399 g/mol. The first-order valence-corrected chi connectivity index (χ1v) is 8.91. The van der Waals surface area contributed by atoms with Gasteiger partial charge in [-0.05, 0) is 35.9 Å². The molecule has 1 N–H and O–H groups in total. The number of hydrogen-bond acceptors (Lipinski definition) is 3. The van der Waals surface area contributed by atoms with Crippen LogP contribution in [0.15, 0.2) is 60.9 Å². The Morgan fingerprint density at radius 2 is 2.11 bits per heavy atom. The molecule has 7 heteroatoms. The van der Waals surface area contributed by atoms with Gasteiger partial charge in [-0.15, -0.1) is 0 Å². The highest BCUT2D eigenvalue weighted by molar-refractivity contribution is 6.32. The Balaban J connectivity index is 1.88. The number of hydrogen-bond donors (Lipinski definition) is 1. The van der Waals surface area contributed by atoms with Crippen LogP contribution in [0.1, 0.15) is 23.0 Å². The highest BCUT2D eigenvalue weighted by Gasteiger charge is 2.20. The van der Waals surface area contributed by atoms with Crippen molar-refractivity contribution in [1.82, 2.24) is 14.9 Å². The summed E-state index contributed by atoms with van der Waals surface area (Å²) in [6, 6.07) is 11.2. The van der Waals surface area contributed by atoms with Crippen LogP contribution in [-0.2, 0) is 11.8 Å². The Bertz CT molecular complexity index is 996. The van der Waals surface area contributed by atoms with E-state index in [0.29, 0.717) is 11.6 Å². The smallest absolute Gasteiger partial charge is 0.244 e. The Labute approximate surface area is 167 Å². The fraction of sp³-hybridized carbons (Fsp3) is 0.143. The van der Waals surface area contributed by atoms with Crippen LogP contribution >= 0.6 is 11.6 Å². The minimum Gasteiger partial charge on any atom is -0.497 e. The number of ether oxygens (including phenoxy) is 1. The Morgan fingerprint density at radius 1 is 1.32 bits per heavy atom. The van der Waals surface area contributed by atoms with E-state index in [4.69, 9.17) is 16.3 Å². The maximum atomic E-state index is 13.9. The number of methoxy groups -OCH3 is 1. The van der Waals surface area contributed by atoms with Gasteiger partial charge in [-0.3, -0.25) is 4.79 Å². The largest absolute Gasteiger partial charge is 0.497 e. The molecular weight excluding hydrogens is 381 g/mol. The first kappa shape index (κ1) is 19.6. The Morgan fingerprint density at radius 3 is 2.79 bits per heavy atom. The summed E-state index contributed by atoms with van der Waals surface area (Å²) in [5, 5.41) is 3.14. The summed E-state index contributed by atoms with van der Waals surface area (Å²) in [5.74, 6) is 0.415. The molecule has 1 atom stereocenters. The van der Waals surface area contributed by atoms with Crippen molar-refractivity contribution in [2.45, 2.75) is 6.04 Å². The van der Waals surface area contributed by atoms with E-state index in [1.54, 1.807) is 25.6 Å². The number of rotatable bonds is 6. The molecule has 0 spiro atoms. The molecule has 0 aliphatic rings. The third-order valence-electron chi connectivity index (χ3n) is 4.23. The van der Waals surface area contributed by atoms with Crippen LogP contribution in [0.3, 0.4) is 0 Å². The van der Waals surface area contributed by atoms with Crippen molar-refractivity contribution < 1.29 is 13.9 Å². The van der Waals surface area contributed by atoms with Gasteiger partial charge in [0.1, 0.15) is 23.4 Å². The summed E-state index contributed by atoms with van der Waals surface area (Å²) < 4.78 is 21.0. The number of carbonyl (C=O) groups is 1. The molecule has 0 bridgehead atoms. The van der Waals surface area contributed by atoms with Crippen molar-refractivity contribution in [3.63, 3.8) is 0 Å². The van der Waals surface area contributed by atoms with Gasteiger partial charge in [-0.1, -0.05) is 29.8 Å². The quantitative estimate of drug-likeness (QED) is 0.634. The Kier molecular flexibility index (Phi) is 6.11. The molecule has 2 aromatic carbocycles. The van der Waals surface area contributed by atoms with Crippen LogP contribution < -0.4 is 10.1 Å². The molecule has 144 valence electrons. The van der Waals surface area contributed by atoms with Crippen LogP contribution in [0.25, 0.3) is 6.08 Å². The lowest BCUT2D eigenvalue weighted by Crippen LogP contribution is -2.29. The normalized spacial score (nSPS) is 12.1. The fourth-order valence-electron chi connectivity index (χ4n) is 2.79. The number of imidazole rings is 1. The molecule has 0 aliphatic carbocycles. The van der Waals surface area contributed by atoms with E-state index >= 15 is 0 Å². The lowest BCUT2D eigenvalue weighted by atomic mass is 10.1. The molecule has 0 saturated heterocycles. The van der Waals surface area contributed by atoms with E-state index in [9.17, 15) is 9.18 Å². The van der Waals surface area contributed by atoms with E-state index in [-0.39, 0.29) is 10.6 Å². The number of aromatic nitrogens is 2. The molecular formula is C21H19ClFN3O2. The van der Waals surface area contributed by atoms with Gasteiger partial charge in [0.15, 0.2) is 0 Å². The van der Waals surface area contributed by atoms with Gasteiger partial charge in [0.2, 0.25) is 5.91 Å². The van der Waals surface area contributed by atoms with Gasteiger partial charge >= 0.3 is 0 Å². The number of amides is 1. The van der Waals surface area contributed by atoms with Gasteiger partial charge in [0.25, 0.3) is 0 Å². The standard InChI is InChI=1S/C21H19ClFN3O2/c1-26-12-11-24-21(26)20(14-5-3-6-15(13-14)28-2)25-19(27)10-9-16-17(22)7-4-8-18(16)23/h3-13,20H,1-2H3,(H,25,27)/b10-9+. The zero-order chi connectivity index (χ0) is 20.1. The van der Waals surface area contributed by atoms with Crippen LogP contribution in [-0.4, -0.2) is 22.6 Å². The summed E-state index contributed by atoms with van der Waals surface area (Å²) in [7, 11) is 3.42. The second kappa shape index (κ2) is 8.71. The molecule has 3 aromatic rings. The van der Waals surface area contributed by atoms with Crippen molar-refractivity contribution in [1.29, 1.82) is 0 Å². The number of nitrogens with one attached hydrogen (secondary N) is 1. The van der Waals surface area contributed by atoms with Gasteiger partial charge in [-0.25, -0.2) is 9.37 Å². The molecule has 0 saturated carbocycles. The predicted molar refractivity (Wildman–Crippen MR) is 107 cm³/mol. The van der Waals surface area contributed by atoms with Crippen LogP contribution in [0.5, 0.6) is 5.75 Å². The molecule has 28 heavy (non-hydrogen) atoms. The Hall–Kier alpha value is -3.12. The number of benzene rings is 2. The maximum absolute atomic E-state index is 13.9. The second-order valence-corrected chi connectivity index (χ2v) is 6.49. The summed E-state index contributed by atoms with van der Waals surface area (Å²) in [4.78, 5) is 16.9. The zero-order valence-electron chi connectivity index (χ0n) is 15.4. The van der Waals surface area contributed by atoms with E-state index in [2.05, 4.69) is 10.3 Å². The van der Waals surface area contributed by atoms with Gasteiger partial charge in [0, 0.05) is 31.1 Å². The molecule has 1 unspecified atom stereocenters. The third kappa shape index (κ3) is 4.40. The number of aryl methyl sites for hydroxylation is 1. The molecule has 3 rings (SSSR count). The number of nitrogens with zero attached hydrogens (tertiary/aromatic N) is 2. The van der Waals surface area contributed by atoms with Crippen molar-refractivity contribution in [3.05, 3.63) is 88.7 Å². The lowest BCUT2D eigenvalue weighted by Gasteiger charge is -2.19. The van der Waals surface area contributed by atoms with Crippen molar-refractivity contribution >= 4 is 23.6 Å². The molecule has 0 fully saturated rings. The lowest BCUT2D eigenvalue weighted by molar-refractivity contribution is -0.117. The SMILES string of the molecule is COc1cccc(C(NC(=O)/C=C/c2c(F)cccc2Cl)c2nccn2C)c1. The zero-order valence-corrected chi connectivity index (χ0v) is 16.2. The van der Waals surface area contributed by atoms with E-state index in [1.165, 1.54) is 24.3 Å². The van der Waals surface area contributed by atoms with Gasteiger partial charge in [0.05, 0.1) is 12.1 Å². The predicted octanol–water partition coefficient (Wildman–Crippen LogP) is 4.14. The van der Waals surface area contributed by atoms with Crippen molar-refractivity contribution in [2.24, 2.45) is 7.05 Å². The molecule has 1 aromatic heterocycles. The van der Waals surface area contributed by atoms with Crippen molar-refractivity contribution in [3.8, 4) is 5.75 Å². The molecule has 0 aliphatic heterocycles. The molecule has 1 amide bonds. The second-order valence-electron chi connectivity index (χ2n) is 6.08. The summed E-state index contributed by atoms with van der Waals surface area (Å²) in [6.07, 6.45) is 6.06.